The van der Waals surface area contributed by atoms with Crippen molar-refractivity contribution >= 4 is 17.6 Å². The van der Waals surface area contributed by atoms with Crippen molar-refractivity contribution in [2.45, 2.75) is 50.7 Å². The molecule has 2 aliphatic rings. The molecule has 0 spiro atoms. The second-order valence-electron chi connectivity index (χ2n) is 9.32. The quantitative estimate of drug-likeness (QED) is 0.325. The summed E-state index contributed by atoms with van der Waals surface area (Å²) in [6.07, 6.45) is -1.24. The molecule has 0 saturated heterocycles. The number of benzene rings is 2. The normalized spacial score (nSPS) is 21.2. The zero-order valence-electron chi connectivity index (χ0n) is 21.6. The smallest absolute Gasteiger partial charge is 0.290 e. The molecular formula is C28H31FN2O8. The summed E-state index contributed by atoms with van der Waals surface area (Å²) < 4.78 is 26.2. The highest BCUT2D eigenvalue weighted by molar-refractivity contribution is 6.36. The molecule has 1 aliphatic carbocycles. The fourth-order valence-corrected chi connectivity index (χ4v) is 5.05. The van der Waals surface area contributed by atoms with Crippen LogP contribution in [0.4, 0.5) is 4.39 Å². The number of fused-ring (bicyclic) bond motifs is 3. The van der Waals surface area contributed by atoms with Crippen molar-refractivity contribution in [2.24, 2.45) is 0 Å². The van der Waals surface area contributed by atoms with Crippen LogP contribution in [0.2, 0.25) is 0 Å². The van der Waals surface area contributed by atoms with Crippen LogP contribution in [0.25, 0.3) is 0 Å². The molecule has 0 saturated carbocycles. The summed E-state index contributed by atoms with van der Waals surface area (Å²) in [5.74, 6) is -3.14. The minimum absolute atomic E-state index is 0.0549. The van der Waals surface area contributed by atoms with Gasteiger partial charge in [-0.2, -0.15) is 0 Å². The van der Waals surface area contributed by atoms with Crippen LogP contribution in [-0.2, 0) is 27.5 Å². The average Bonchev–Trinajstić information content (AvgIpc) is 3.34. The van der Waals surface area contributed by atoms with E-state index in [4.69, 9.17) is 9.47 Å². The van der Waals surface area contributed by atoms with Crippen molar-refractivity contribution < 1.29 is 43.6 Å². The molecule has 4 N–H and O–H groups in total. The lowest BCUT2D eigenvalue weighted by Crippen LogP contribution is -2.56. The van der Waals surface area contributed by atoms with Crippen LogP contribution < -0.4 is 14.8 Å². The molecule has 0 radical (unpaired) electrons. The van der Waals surface area contributed by atoms with E-state index >= 15 is 0 Å². The predicted octanol–water partition coefficient (Wildman–Crippen LogP) is 0.957. The van der Waals surface area contributed by atoms with E-state index in [1.807, 2.05) is 0 Å². The number of hydrogen-bond acceptors (Lipinski definition) is 8. The molecule has 2 amide bonds. The number of nitrogens with one attached hydrogen (secondary N) is 1. The molecule has 2 aromatic rings. The molecule has 0 bridgehead atoms. The molecule has 2 aromatic carbocycles. The van der Waals surface area contributed by atoms with Gasteiger partial charge in [0, 0.05) is 36.2 Å². The summed E-state index contributed by atoms with van der Waals surface area (Å²) in [6.45, 7) is 0.480. The molecule has 4 unspecified atom stereocenters. The van der Waals surface area contributed by atoms with E-state index < -0.39 is 47.6 Å². The number of ketones is 1. The van der Waals surface area contributed by atoms with Gasteiger partial charge in [-0.1, -0.05) is 25.1 Å². The maximum absolute atomic E-state index is 14.6. The Bertz CT molecular complexity index is 1300. The first-order valence-electron chi connectivity index (χ1n) is 12.6. The van der Waals surface area contributed by atoms with Gasteiger partial charge in [-0.15, -0.1) is 0 Å². The lowest BCUT2D eigenvalue weighted by atomic mass is 9.77. The molecule has 0 fully saturated rings. The van der Waals surface area contributed by atoms with Crippen LogP contribution in [0, 0.1) is 5.82 Å². The van der Waals surface area contributed by atoms with Crippen molar-refractivity contribution in [3.63, 3.8) is 0 Å². The molecule has 4 rings (SSSR count). The monoisotopic (exact) mass is 542 g/mol. The maximum Gasteiger partial charge on any atom is 0.290 e. The van der Waals surface area contributed by atoms with Crippen LogP contribution in [-0.4, -0.2) is 76.3 Å². The first-order chi connectivity index (χ1) is 18.7. The second-order valence-corrected chi connectivity index (χ2v) is 9.32. The molecule has 10 nitrogen and oxygen atoms in total. The van der Waals surface area contributed by atoms with Gasteiger partial charge in [0.1, 0.15) is 18.0 Å². The Morgan fingerprint density at radius 1 is 1.18 bits per heavy atom. The van der Waals surface area contributed by atoms with Crippen LogP contribution in [0.3, 0.4) is 0 Å². The summed E-state index contributed by atoms with van der Waals surface area (Å²) in [5, 5.41) is 33.2. The van der Waals surface area contributed by atoms with Crippen molar-refractivity contribution in [3.8, 4) is 11.5 Å². The second kappa shape index (κ2) is 11.9. The number of amides is 2. The topological polar surface area (TPSA) is 146 Å². The largest absolute Gasteiger partial charge is 0.493 e. The fraction of sp³-hybridized carbons (Fsp3) is 0.393. The molecule has 11 heteroatoms. The van der Waals surface area contributed by atoms with Gasteiger partial charge in [0.25, 0.3) is 5.91 Å². The third kappa shape index (κ3) is 5.38. The number of carbonyl (C=O) groups is 3. The number of aliphatic hydroxyl groups excluding tert-OH is 3. The molecule has 4 atom stereocenters. The Kier molecular flexibility index (Phi) is 8.63. The Hall–Kier alpha value is -3.80. The number of carbonyl (C=O) groups excluding carboxylic acids is 3. The summed E-state index contributed by atoms with van der Waals surface area (Å²) in [5.41, 5.74) is 1.22. The van der Waals surface area contributed by atoms with Crippen LogP contribution in [0.1, 0.15) is 36.0 Å². The lowest BCUT2D eigenvalue weighted by molar-refractivity contribution is -0.148. The minimum Gasteiger partial charge on any atom is -0.493 e. The van der Waals surface area contributed by atoms with Crippen LogP contribution in [0.15, 0.2) is 48.0 Å². The molecule has 1 heterocycles. The van der Waals surface area contributed by atoms with Gasteiger partial charge in [-0.25, -0.2) is 4.39 Å². The van der Waals surface area contributed by atoms with Gasteiger partial charge in [0.05, 0.1) is 32.3 Å². The Labute approximate surface area is 224 Å². The Morgan fingerprint density at radius 2 is 1.92 bits per heavy atom. The summed E-state index contributed by atoms with van der Waals surface area (Å²) in [4.78, 5) is 40.2. The molecule has 39 heavy (non-hydrogen) atoms. The summed E-state index contributed by atoms with van der Waals surface area (Å²) in [6, 6.07) is 7.74. The first-order valence-corrected chi connectivity index (χ1v) is 12.6. The summed E-state index contributed by atoms with van der Waals surface area (Å²) >= 11 is 0. The van der Waals surface area contributed by atoms with E-state index in [9.17, 15) is 34.1 Å². The highest BCUT2D eigenvalue weighted by Crippen LogP contribution is 2.51. The van der Waals surface area contributed by atoms with E-state index in [0.717, 1.165) is 4.90 Å². The lowest BCUT2D eigenvalue weighted by Gasteiger charge is -2.40. The van der Waals surface area contributed by atoms with Crippen molar-refractivity contribution in [1.29, 1.82) is 0 Å². The predicted molar refractivity (Wildman–Crippen MR) is 136 cm³/mol. The number of aliphatic hydroxyl groups is 3. The van der Waals surface area contributed by atoms with Crippen molar-refractivity contribution in [1.82, 2.24) is 10.2 Å². The first kappa shape index (κ1) is 28.2. The molecule has 208 valence electrons. The van der Waals surface area contributed by atoms with Gasteiger partial charge in [0.15, 0.2) is 11.5 Å². The Morgan fingerprint density at radius 3 is 2.56 bits per heavy atom. The number of ether oxygens (including phenoxy) is 2. The minimum atomic E-state index is -1.43. The number of Topliss-reactive ketones (excluding diaryl/α,β-unsaturated/α-hetero) is 1. The fourth-order valence-electron chi connectivity index (χ4n) is 5.05. The van der Waals surface area contributed by atoms with E-state index in [1.165, 1.54) is 38.3 Å². The third-order valence-electron chi connectivity index (χ3n) is 6.97. The number of methoxy groups -OCH3 is 1. The van der Waals surface area contributed by atoms with Crippen LogP contribution >= 0.6 is 0 Å². The molecule has 0 aromatic heterocycles. The van der Waals surface area contributed by atoms with Gasteiger partial charge in [0.2, 0.25) is 11.7 Å². The number of rotatable bonds is 10. The number of halogens is 1. The van der Waals surface area contributed by atoms with Crippen LogP contribution in [0.5, 0.6) is 11.5 Å². The standard InChI is InChI=1S/C28H31FN2O8/c1-3-21(34)28(37)31(13-16-6-4-5-7-19(16)29)20-12-18(27(36)30-8-9-32)23-17-10-15(14-33)11-22(38-2)25(17)39-26(23)24(20)35/h4-7,10-12,20,23-24,26,32-33,35H,3,8-9,13-14H2,1-2H3,(H,30,36). The number of hydrogen-bond donors (Lipinski definition) is 4. The van der Waals surface area contributed by atoms with E-state index in [1.54, 1.807) is 18.2 Å². The van der Waals surface area contributed by atoms with Gasteiger partial charge < -0.3 is 35.0 Å². The van der Waals surface area contributed by atoms with Gasteiger partial charge in [-0.3, -0.25) is 14.4 Å². The SMILES string of the molecule is CCC(=O)C(=O)N(Cc1ccccc1F)C1C=C(C(=O)NCCO)C2c3cc(CO)cc(OC)c3OC2C1O. The maximum atomic E-state index is 14.6. The van der Waals surface area contributed by atoms with Gasteiger partial charge in [-0.05, 0) is 29.8 Å². The van der Waals surface area contributed by atoms with E-state index in [2.05, 4.69) is 5.32 Å². The highest BCUT2D eigenvalue weighted by Gasteiger charge is 2.51. The van der Waals surface area contributed by atoms with Crippen molar-refractivity contribution in [2.75, 3.05) is 20.3 Å². The Balaban J connectivity index is 1.85. The zero-order chi connectivity index (χ0) is 28.3. The van der Waals surface area contributed by atoms with E-state index in [-0.39, 0.29) is 55.4 Å². The zero-order valence-corrected chi connectivity index (χ0v) is 21.6. The van der Waals surface area contributed by atoms with E-state index in [0.29, 0.717) is 11.1 Å². The number of nitrogens with zero attached hydrogens (tertiary/aromatic N) is 1. The summed E-state index contributed by atoms with van der Waals surface area (Å²) in [7, 11) is 1.41. The average molecular weight is 543 g/mol. The van der Waals surface area contributed by atoms with Gasteiger partial charge >= 0.3 is 0 Å². The highest BCUT2D eigenvalue weighted by atomic mass is 19.1. The molecule has 1 aliphatic heterocycles. The van der Waals surface area contributed by atoms with Crippen molar-refractivity contribution in [3.05, 3.63) is 70.6 Å². The molecular weight excluding hydrogens is 511 g/mol. The third-order valence-corrected chi connectivity index (χ3v) is 6.97.